The Hall–Kier alpha value is -0.530. The fourth-order valence-electron chi connectivity index (χ4n) is 2.34. The van der Waals surface area contributed by atoms with Crippen molar-refractivity contribution < 1.29 is 51.6 Å². The first-order chi connectivity index (χ1) is 9.89. The van der Waals surface area contributed by atoms with Crippen LogP contribution in [0.1, 0.15) is 9.88 Å². The second-order valence-corrected chi connectivity index (χ2v) is 6.57. The summed E-state index contributed by atoms with van der Waals surface area (Å²) in [6.45, 7) is 0.873. The summed E-state index contributed by atoms with van der Waals surface area (Å²) < 4.78 is 36.6. The van der Waals surface area contributed by atoms with E-state index in [0.29, 0.717) is 23.7 Å². The standard InChI is InChI=1S/C10H12N4O5S2.Na/c11-3-9-12-4-8(20-9)6-1-2-13-5-7(6)14(10(13)15)19-21(16,17)18;/h1,4,7H,2-3,5,11H2,(H,16,17,18);/q;+1/p-1. The van der Waals surface area contributed by atoms with Gasteiger partial charge in [-0.3, -0.25) is 0 Å². The maximum absolute atomic E-state index is 12.0. The minimum atomic E-state index is -5.02. The Labute approximate surface area is 152 Å². The maximum Gasteiger partial charge on any atom is 1.00 e. The van der Waals surface area contributed by atoms with E-state index in [1.54, 1.807) is 12.3 Å². The van der Waals surface area contributed by atoms with E-state index in [4.69, 9.17) is 5.73 Å². The fraction of sp³-hybridized carbons (Fsp3) is 0.400. The number of aromatic nitrogens is 1. The molecule has 114 valence electrons. The van der Waals surface area contributed by atoms with Gasteiger partial charge in [-0.1, -0.05) is 6.08 Å². The molecule has 1 saturated heterocycles. The summed E-state index contributed by atoms with van der Waals surface area (Å²) in [7, 11) is -5.02. The van der Waals surface area contributed by atoms with Gasteiger partial charge in [-0.2, -0.15) is 9.35 Å². The van der Waals surface area contributed by atoms with Crippen LogP contribution in [-0.2, 0) is 21.2 Å². The molecule has 2 aliphatic rings. The summed E-state index contributed by atoms with van der Waals surface area (Å²) in [4.78, 5) is 18.2. The predicted octanol–water partition coefficient (Wildman–Crippen LogP) is -3.50. The van der Waals surface area contributed by atoms with E-state index in [-0.39, 0.29) is 36.1 Å². The van der Waals surface area contributed by atoms with Crippen molar-refractivity contribution in [3.8, 4) is 0 Å². The Morgan fingerprint density at radius 1 is 1.55 bits per heavy atom. The molecule has 2 bridgehead atoms. The van der Waals surface area contributed by atoms with Crippen molar-refractivity contribution in [1.29, 1.82) is 0 Å². The van der Waals surface area contributed by atoms with Crippen LogP contribution in [0.5, 0.6) is 0 Å². The molecule has 0 spiro atoms. The van der Waals surface area contributed by atoms with Gasteiger partial charge in [0, 0.05) is 19.3 Å². The van der Waals surface area contributed by atoms with Crippen LogP contribution in [0.3, 0.4) is 0 Å². The zero-order valence-electron chi connectivity index (χ0n) is 11.6. The second kappa shape index (κ2) is 6.53. The molecule has 0 aliphatic carbocycles. The number of hydrogen-bond acceptors (Lipinski definition) is 8. The molecule has 1 fully saturated rings. The van der Waals surface area contributed by atoms with Crippen molar-refractivity contribution in [2.45, 2.75) is 12.6 Å². The first-order valence-electron chi connectivity index (χ1n) is 5.98. The molecular weight excluding hydrogens is 343 g/mol. The number of hydroxylamine groups is 2. The van der Waals surface area contributed by atoms with Crippen molar-refractivity contribution >= 4 is 33.3 Å². The number of urea groups is 1. The normalized spacial score (nSPS) is 20.9. The summed E-state index contributed by atoms with van der Waals surface area (Å²) >= 11 is 1.35. The molecule has 2 aliphatic heterocycles. The molecule has 0 radical (unpaired) electrons. The van der Waals surface area contributed by atoms with Crippen LogP contribution in [0.15, 0.2) is 12.3 Å². The third kappa shape index (κ3) is 3.36. The SMILES string of the molecule is NCc1ncc(C2=CCN3CC2N(OS(=O)(=O)[O-])C3=O)s1.[Na+]. The van der Waals surface area contributed by atoms with Gasteiger partial charge in [0.05, 0.1) is 11.4 Å². The number of amides is 2. The van der Waals surface area contributed by atoms with Gasteiger partial charge in [0.2, 0.25) is 10.4 Å². The Kier molecular flexibility index (Phi) is 5.29. The van der Waals surface area contributed by atoms with Crippen molar-refractivity contribution in [3.05, 3.63) is 22.2 Å². The molecule has 3 rings (SSSR count). The fourth-order valence-corrected chi connectivity index (χ4v) is 3.59. The molecule has 3 heterocycles. The van der Waals surface area contributed by atoms with Gasteiger partial charge in [-0.05, 0) is 5.57 Å². The Bertz CT molecular complexity index is 719. The zero-order chi connectivity index (χ0) is 15.2. The Morgan fingerprint density at radius 2 is 2.27 bits per heavy atom. The van der Waals surface area contributed by atoms with Gasteiger partial charge in [0.1, 0.15) is 11.0 Å². The van der Waals surface area contributed by atoms with Gasteiger partial charge < -0.3 is 15.2 Å². The summed E-state index contributed by atoms with van der Waals surface area (Å²) in [5, 5.41) is 1.34. The van der Waals surface area contributed by atoms with Crippen LogP contribution in [0.25, 0.3) is 5.57 Å². The average Bonchev–Trinajstić information content (AvgIpc) is 2.98. The van der Waals surface area contributed by atoms with Gasteiger partial charge in [-0.15, -0.1) is 11.3 Å². The van der Waals surface area contributed by atoms with E-state index < -0.39 is 22.5 Å². The number of carbonyl (C=O) groups is 1. The molecule has 1 atom stereocenters. The molecule has 0 aromatic carbocycles. The van der Waals surface area contributed by atoms with Crippen molar-refractivity contribution in [2.75, 3.05) is 13.1 Å². The van der Waals surface area contributed by atoms with Crippen molar-refractivity contribution in [1.82, 2.24) is 14.9 Å². The quantitative estimate of drug-likeness (QED) is 0.337. The van der Waals surface area contributed by atoms with E-state index in [2.05, 4.69) is 9.27 Å². The minimum absolute atomic E-state index is 0. The number of thiazole rings is 1. The molecule has 9 nitrogen and oxygen atoms in total. The molecule has 1 aromatic heterocycles. The third-order valence-corrected chi connectivity index (χ3v) is 4.62. The molecular formula is C10H11N4NaO5S2. The van der Waals surface area contributed by atoms with E-state index in [1.807, 2.05) is 0 Å². The van der Waals surface area contributed by atoms with E-state index >= 15 is 0 Å². The summed E-state index contributed by atoms with van der Waals surface area (Å²) in [5.74, 6) is 0. The van der Waals surface area contributed by atoms with Gasteiger partial charge in [0.25, 0.3) is 0 Å². The molecule has 22 heavy (non-hydrogen) atoms. The van der Waals surface area contributed by atoms with E-state index in [9.17, 15) is 17.8 Å². The number of nitrogens with two attached hydrogens (primary N) is 1. The van der Waals surface area contributed by atoms with Gasteiger partial charge in [0.15, 0.2) is 0 Å². The monoisotopic (exact) mass is 354 g/mol. The maximum atomic E-state index is 12.0. The second-order valence-electron chi connectivity index (χ2n) is 4.49. The largest absolute Gasteiger partial charge is 1.00 e. The first-order valence-corrected chi connectivity index (χ1v) is 8.13. The van der Waals surface area contributed by atoms with Gasteiger partial charge in [-0.25, -0.2) is 18.2 Å². The molecule has 0 saturated carbocycles. The Morgan fingerprint density at radius 3 is 2.86 bits per heavy atom. The van der Waals surface area contributed by atoms with Crippen LogP contribution in [-0.4, -0.2) is 53.1 Å². The molecule has 1 unspecified atom stereocenters. The van der Waals surface area contributed by atoms with E-state index in [0.717, 1.165) is 9.88 Å². The molecule has 12 heteroatoms. The summed E-state index contributed by atoms with van der Waals surface area (Å²) in [5.41, 5.74) is 6.22. The number of hydrogen-bond donors (Lipinski definition) is 1. The summed E-state index contributed by atoms with van der Waals surface area (Å²) in [6, 6.07) is -1.30. The molecule has 1 aromatic rings. The third-order valence-electron chi connectivity index (χ3n) is 3.21. The Balaban J connectivity index is 0.00000176. The van der Waals surface area contributed by atoms with Crippen LogP contribution in [0, 0.1) is 0 Å². The predicted molar refractivity (Wildman–Crippen MR) is 71.4 cm³/mol. The number of nitrogens with zero attached hydrogens (tertiary/aromatic N) is 3. The van der Waals surface area contributed by atoms with Crippen molar-refractivity contribution in [2.24, 2.45) is 5.73 Å². The van der Waals surface area contributed by atoms with Crippen LogP contribution >= 0.6 is 11.3 Å². The minimum Gasteiger partial charge on any atom is -0.724 e. The zero-order valence-corrected chi connectivity index (χ0v) is 15.3. The smallest absolute Gasteiger partial charge is 0.724 e. The van der Waals surface area contributed by atoms with Crippen LogP contribution < -0.4 is 35.3 Å². The molecule has 2 N–H and O–H groups in total. The number of rotatable bonds is 4. The van der Waals surface area contributed by atoms with Gasteiger partial charge >= 0.3 is 35.6 Å². The average molecular weight is 354 g/mol. The first kappa shape index (κ1) is 17.8. The summed E-state index contributed by atoms with van der Waals surface area (Å²) in [6.07, 6.45) is 3.40. The van der Waals surface area contributed by atoms with Crippen LogP contribution in [0.4, 0.5) is 4.79 Å². The number of fused-ring (bicyclic) bond motifs is 2. The van der Waals surface area contributed by atoms with E-state index in [1.165, 1.54) is 16.2 Å². The van der Waals surface area contributed by atoms with Crippen molar-refractivity contribution in [3.63, 3.8) is 0 Å². The topological polar surface area (TPSA) is 129 Å². The van der Waals surface area contributed by atoms with Crippen LogP contribution in [0.2, 0.25) is 0 Å². The number of carbonyl (C=O) groups excluding carboxylic acids is 1. The molecule has 2 amide bonds.